The highest BCUT2D eigenvalue weighted by molar-refractivity contribution is 8.00. The zero-order valence-corrected chi connectivity index (χ0v) is 14.5. The van der Waals surface area contributed by atoms with Gasteiger partial charge in [0.25, 0.3) is 0 Å². The van der Waals surface area contributed by atoms with Gasteiger partial charge < -0.3 is 5.73 Å². The van der Waals surface area contributed by atoms with E-state index in [-0.39, 0.29) is 0 Å². The van der Waals surface area contributed by atoms with Crippen LogP contribution in [0.15, 0.2) is 41.6 Å². The van der Waals surface area contributed by atoms with E-state index in [9.17, 15) is 0 Å². The zero-order chi connectivity index (χ0) is 16.3. The maximum atomic E-state index is 6.27. The molecule has 24 heavy (non-hydrogen) atoms. The predicted octanol–water partition coefficient (Wildman–Crippen LogP) is 4.53. The maximum absolute atomic E-state index is 6.27. The molecule has 1 saturated carbocycles. The fourth-order valence-corrected chi connectivity index (χ4v) is 5.37. The molecule has 3 heterocycles. The Morgan fingerprint density at radius 2 is 2.08 bits per heavy atom. The molecule has 0 bridgehead atoms. The predicted molar refractivity (Wildman–Crippen MR) is 97.4 cm³/mol. The summed E-state index contributed by atoms with van der Waals surface area (Å²) in [4.78, 5) is 10.8. The van der Waals surface area contributed by atoms with Crippen LogP contribution in [-0.4, -0.2) is 14.4 Å². The van der Waals surface area contributed by atoms with Crippen molar-refractivity contribution in [2.45, 2.75) is 48.2 Å². The lowest BCUT2D eigenvalue weighted by atomic mass is 9.85. The van der Waals surface area contributed by atoms with E-state index in [0.29, 0.717) is 22.9 Å². The van der Waals surface area contributed by atoms with Crippen LogP contribution in [0.2, 0.25) is 0 Å². The van der Waals surface area contributed by atoms with Gasteiger partial charge >= 0.3 is 0 Å². The molecular formula is C19H20N4S. The van der Waals surface area contributed by atoms with E-state index in [1.54, 1.807) is 6.20 Å². The summed E-state index contributed by atoms with van der Waals surface area (Å²) in [5.41, 5.74) is 9.80. The monoisotopic (exact) mass is 336 g/mol. The smallest absolute Gasteiger partial charge is 0.149 e. The lowest BCUT2D eigenvalue weighted by Crippen LogP contribution is -2.12. The van der Waals surface area contributed by atoms with Crippen molar-refractivity contribution < 1.29 is 0 Å². The largest absolute Gasteiger partial charge is 0.382 e. The molecule has 2 aromatic heterocycles. The number of thioether (sulfide) groups is 1. The highest BCUT2D eigenvalue weighted by Crippen LogP contribution is 2.55. The van der Waals surface area contributed by atoms with Crippen LogP contribution in [0.5, 0.6) is 0 Å². The fraction of sp³-hybridized carbons (Fsp3) is 0.368. The number of nitrogens with zero attached hydrogens (tertiary/aromatic N) is 3. The van der Waals surface area contributed by atoms with Crippen molar-refractivity contribution in [1.82, 2.24) is 14.4 Å². The number of hydrogen-bond donors (Lipinski definition) is 1. The second-order valence-corrected chi connectivity index (χ2v) is 8.06. The van der Waals surface area contributed by atoms with Crippen molar-refractivity contribution in [2.75, 3.05) is 5.73 Å². The first-order chi connectivity index (χ1) is 11.7. The average Bonchev–Trinajstić information content (AvgIpc) is 3.06. The molecule has 0 radical (unpaired) electrons. The van der Waals surface area contributed by atoms with Gasteiger partial charge in [-0.3, -0.25) is 4.40 Å². The number of rotatable bonds is 2. The quantitative estimate of drug-likeness (QED) is 0.747. The summed E-state index contributed by atoms with van der Waals surface area (Å²) in [7, 11) is 0. The second-order valence-electron chi connectivity index (χ2n) is 6.88. The van der Waals surface area contributed by atoms with E-state index in [2.05, 4.69) is 40.6 Å². The van der Waals surface area contributed by atoms with Crippen molar-refractivity contribution in [3.05, 3.63) is 53.7 Å². The van der Waals surface area contributed by atoms with Gasteiger partial charge in [-0.2, -0.15) is 0 Å². The summed E-state index contributed by atoms with van der Waals surface area (Å²) in [6.45, 7) is 2.30. The normalized spacial score (nSPS) is 23.4. The Morgan fingerprint density at radius 1 is 1.25 bits per heavy atom. The van der Waals surface area contributed by atoms with Crippen LogP contribution in [0.25, 0.3) is 5.52 Å². The molecule has 3 aromatic rings. The van der Waals surface area contributed by atoms with Gasteiger partial charge in [-0.05, 0) is 24.5 Å². The number of aromatic nitrogens is 3. The van der Waals surface area contributed by atoms with Gasteiger partial charge in [0.05, 0.1) is 10.9 Å². The molecule has 2 N–H and O–H groups in total. The van der Waals surface area contributed by atoms with Gasteiger partial charge in [0, 0.05) is 29.1 Å². The average molecular weight is 336 g/mol. The Hall–Kier alpha value is -2.01. The number of fused-ring (bicyclic) bond motifs is 2. The minimum atomic E-state index is 0.303. The molecule has 1 fully saturated rings. The first-order valence-electron chi connectivity index (χ1n) is 8.62. The Labute approximate surface area is 145 Å². The van der Waals surface area contributed by atoms with Crippen molar-refractivity contribution in [2.24, 2.45) is 0 Å². The minimum absolute atomic E-state index is 0.303. The molecule has 2 atom stereocenters. The van der Waals surface area contributed by atoms with Gasteiger partial charge in [-0.1, -0.05) is 31.5 Å². The molecule has 2 aliphatic rings. The molecular weight excluding hydrogens is 316 g/mol. The zero-order valence-electron chi connectivity index (χ0n) is 13.6. The number of anilines is 1. The highest BCUT2D eigenvalue weighted by atomic mass is 32.2. The number of benzene rings is 1. The standard InChI is InChI=1S/C19H20N4S/c1-11-13-7-2-3-8-14(13)24-17(11)15-16-18(20)21-9-10-23(16)19(22-15)12-5-4-6-12/h2-3,7-12,17H,4-6H2,1H3,(H2,20,21). The molecule has 1 aliphatic carbocycles. The number of nitrogen functional groups attached to an aromatic ring is 1. The third-order valence-corrected chi connectivity index (χ3v) is 7.01. The van der Waals surface area contributed by atoms with Gasteiger partial charge in [-0.15, -0.1) is 11.8 Å². The van der Waals surface area contributed by atoms with Gasteiger partial charge in [-0.25, -0.2) is 9.97 Å². The van der Waals surface area contributed by atoms with Crippen LogP contribution >= 0.6 is 11.8 Å². The van der Waals surface area contributed by atoms with Gasteiger partial charge in [0.2, 0.25) is 0 Å². The first kappa shape index (κ1) is 14.3. The van der Waals surface area contributed by atoms with E-state index in [1.807, 2.05) is 18.0 Å². The molecule has 5 rings (SSSR count). The van der Waals surface area contributed by atoms with Crippen molar-refractivity contribution >= 4 is 23.1 Å². The lowest BCUT2D eigenvalue weighted by molar-refractivity contribution is 0.400. The summed E-state index contributed by atoms with van der Waals surface area (Å²) in [6, 6.07) is 8.68. The fourth-order valence-electron chi connectivity index (χ4n) is 3.93. The SMILES string of the molecule is CC1c2ccccc2SC1c1nc(C2CCC2)n2ccnc(N)c12. The summed E-state index contributed by atoms with van der Waals surface area (Å²) < 4.78 is 2.19. The van der Waals surface area contributed by atoms with Crippen LogP contribution in [-0.2, 0) is 0 Å². The Kier molecular flexibility index (Phi) is 3.13. The topological polar surface area (TPSA) is 56.2 Å². The Bertz CT molecular complexity index is 928. The van der Waals surface area contributed by atoms with Crippen molar-refractivity contribution in [3.63, 3.8) is 0 Å². The first-order valence-corrected chi connectivity index (χ1v) is 9.50. The molecule has 122 valence electrons. The van der Waals surface area contributed by atoms with Crippen LogP contribution in [0.1, 0.15) is 60.4 Å². The van der Waals surface area contributed by atoms with Crippen LogP contribution in [0.3, 0.4) is 0 Å². The van der Waals surface area contributed by atoms with Crippen LogP contribution in [0.4, 0.5) is 5.82 Å². The highest BCUT2D eigenvalue weighted by Gasteiger charge is 2.36. The summed E-state index contributed by atoms with van der Waals surface area (Å²) >= 11 is 1.91. The maximum Gasteiger partial charge on any atom is 0.149 e. The molecule has 0 spiro atoms. The third kappa shape index (κ3) is 1.94. The molecule has 0 saturated heterocycles. The molecule has 4 nitrogen and oxygen atoms in total. The summed E-state index contributed by atoms with van der Waals surface area (Å²) in [5.74, 6) is 2.76. The number of hydrogen-bond acceptors (Lipinski definition) is 4. The number of imidazole rings is 1. The van der Waals surface area contributed by atoms with Crippen LogP contribution < -0.4 is 5.73 Å². The van der Waals surface area contributed by atoms with Crippen molar-refractivity contribution in [3.8, 4) is 0 Å². The Morgan fingerprint density at radius 3 is 2.83 bits per heavy atom. The lowest BCUT2D eigenvalue weighted by Gasteiger charge is -2.23. The third-order valence-electron chi connectivity index (χ3n) is 5.49. The summed E-state index contributed by atoms with van der Waals surface area (Å²) in [6.07, 6.45) is 7.57. The summed E-state index contributed by atoms with van der Waals surface area (Å²) in [5, 5.41) is 0.303. The van der Waals surface area contributed by atoms with E-state index in [1.165, 1.54) is 35.5 Å². The van der Waals surface area contributed by atoms with Crippen molar-refractivity contribution in [1.29, 1.82) is 0 Å². The Balaban J connectivity index is 1.68. The van der Waals surface area contributed by atoms with E-state index < -0.39 is 0 Å². The second kappa shape index (κ2) is 5.24. The van der Waals surface area contributed by atoms with E-state index in [4.69, 9.17) is 10.7 Å². The molecule has 0 amide bonds. The van der Waals surface area contributed by atoms with Crippen LogP contribution in [0, 0.1) is 0 Å². The molecule has 1 aliphatic heterocycles. The van der Waals surface area contributed by atoms with Gasteiger partial charge in [0.15, 0.2) is 0 Å². The molecule has 5 heteroatoms. The van der Waals surface area contributed by atoms with Gasteiger partial charge in [0.1, 0.15) is 17.2 Å². The number of nitrogens with two attached hydrogens (primary N) is 1. The van der Waals surface area contributed by atoms with E-state index in [0.717, 1.165) is 11.2 Å². The molecule has 1 aromatic carbocycles. The van der Waals surface area contributed by atoms with E-state index >= 15 is 0 Å². The molecule has 2 unspecified atom stereocenters. The minimum Gasteiger partial charge on any atom is -0.382 e.